The number of carbonyl (C=O) groups excluding carboxylic acids is 1. The molecule has 2 aromatic heterocycles. The highest BCUT2D eigenvalue weighted by molar-refractivity contribution is 7.18. The Morgan fingerprint density at radius 3 is 2.58 bits per heavy atom. The molecule has 124 valence electrons. The van der Waals surface area contributed by atoms with E-state index >= 15 is 0 Å². The van der Waals surface area contributed by atoms with E-state index in [-0.39, 0.29) is 5.82 Å². The van der Waals surface area contributed by atoms with E-state index in [2.05, 4.69) is 10.1 Å². The summed E-state index contributed by atoms with van der Waals surface area (Å²) in [6, 6.07) is 5.96. The lowest BCUT2D eigenvalue weighted by molar-refractivity contribution is -0.133. The molecule has 0 fully saturated rings. The summed E-state index contributed by atoms with van der Waals surface area (Å²) in [5.74, 6) is -0.319. The molecule has 0 bridgehead atoms. The van der Waals surface area contributed by atoms with Gasteiger partial charge >= 0.3 is 5.97 Å². The molecule has 8 heteroatoms. The van der Waals surface area contributed by atoms with Crippen LogP contribution in [0.1, 0.15) is 10.6 Å². The number of rotatable bonds is 4. The van der Waals surface area contributed by atoms with Crippen molar-refractivity contribution < 1.29 is 18.7 Å². The van der Waals surface area contributed by atoms with Crippen molar-refractivity contribution in [3.63, 3.8) is 0 Å². The number of esters is 1. The summed E-state index contributed by atoms with van der Waals surface area (Å²) in [5, 5.41) is 4.43. The van der Waals surface area contributed by atoms with Gasteiger partial charge < -0.3 is 9.47 Å². The molecule has 0 saturated carbocycles. The van der Waals surface area contributed by atoms with Crippen LogP contribution in [0.2, 0.25) is 0 Å². The first-order valence-electron chi connectivity index (χ1n) is 6.99. The summed E-state index contributed by atoms with van der Waals surface area (Å²) in [6.45, 7) is 1.83. The maximum absolute atomic E-state index is 13.0. The molecule has 2 heterocycles. The third-order valence-corrected chi connectivity index (χ3v) is 4.57. The van der Waals surface area contributed by atoms with Crippen LogP contribution in [0.25, 0.3) is 21.9 Å². The summed E-state index contributed by atoms with van der Waals surface area (Å²) >= 11 is 1.30. The van der Waals surface area contributed by atoms with Crippen LogP contribution in [-0.4, -0.2) is 34.8 Å². The third kappa shape index (κ3) is 2.76. The summed E-state index contributed by atoms with van der Waals surface area (Å²) in [5.41, 5.74) is 1.76. The lowest BCUT2D eigenvalue weighted by atomic mass is 10.2. The number of nitrogens with zero attached hydrogens (tertiary/aromatic N) is 3. The Hall–Kier alpha value is -2.74. The van der Waals surface area contributed by atoms with Crippen LogP contribution in [0.5, 0.6) is 0 Å². The van der Waals surface area contributed by atoms with Gasteiger partial charge in [0.1, 0.15) is 11.4 Å². The van der Waals surface area contributed by atoms with Crippen LogP contribution in [0.4, 0.5) is 4.39 Å². The number of fused-ring (bicyclic) bond motifs is 1. The van der Waals surface area contributed by atoms with Crippen molar-refractivity contribution in [3.05, 3.63) is 46.9 Å². The number of benzene rings is 1. The van der Waals surface area contributed by atoms with Crippen molar-refractivity contribution in [2.75, 3.05) is 14.2 Å². The van der Waals surface area contributed by atoms with Crippen LogP contribution in [-0.2, 0) is 14.3 Å². The fourth-order valence-electron chi connectivity index (χ4n) is 2.24. The Balaban J connectivity index is 2.07. The zero-order chi connectivity index (χ0) is 17.3. The molecule has 0 unspecified atom stereocenters. The van der Waals surface area contributed by atoms with Crippen LogP contribution >= 0.6 is 11.3 Å². The number of aryl methyl sites for hydroxylation is 1. The highest BCUT2D eigenvalue weighted by atomic mass is 32.1. The number of halogens is 1. The minimum atomic E-state index is -0.497. The Morgan fingerprint density at radius 1 is 1.29 bits per heavy atom. The minimum absolute atomic E-state index is 0.304. The van der Waals surface area contributed by atoms with E-state index in [0.29, 0.717) is 26.8 Å². The standard InChI is InChI=1S/C16H14FN3O3S/c1-9-13(12(8-22-2)15(21)23-3)24-16-18-14(19-20(9)16)10-4-6-11(17)7-5-10/h4-8H,1-3H3/b12-8+. The Kier molecular flexibility index (Phi) is 4.30. The second kappa shape index (κ2) is 6.40. The first kappa shape index (κ1) is 16.1. The van der Waals surface area contributed by atoms with E-state index < -0.39 is 5.97 Å². The van der Waals surface area contributed by atoms with Gasteiger partial charge in [-0.15, -0.1) is 5.10 Å². The van der Waals surface area contributed by atoms with E-state index in [1.54, 1.807) is 16.6 Å². The van der Waals surface area contributed by atoms with Crippen molar-refractivity contribution in [2.45, 2.75) is 6.92 Å². The van der Waals surface area contributed by atoms with Gasteiger partial charge in [-0.25, -0.2) is 13.7 Å². The predicted octanol–water partition coefficient (Wildman–Crippen LogP) is 3.07. The molecule has 3 aromatic rings. The topological polar surface area (TPSA) is 65.7 Å². The highest BCUT2D eigenvalue weighted by Crippen LogP contribution is 2.30. The van der Waals surface area contributed by atoms with Crippen LogP contribution < -0.4 is 0 Å². The maximum Gasteiger partial charge on any atom is 0.342 e. The van der Waals surface area contributed by atoms with Crippen molar-refractivity contribution in [1.29, 1.82) is 0 Å². The number of aromatic nitrogens is 3. The van der Waals surface area contributed by atoms with Crippen LogP contribution in [0.3, 0.4) is 0 Å². The van der Waals surface area contributed by atoms with Gasteiger partial charge in [0, 0.05) is 5.56 Å². The fraction of sp³-hybridized carbons (Fsp3) is 0.188. The van der Waals surface area contributed by atoms with Gasteiger partial charge in [0.2, 0.25) is 4.96 Å². The number of methoxy groups -OCH3 is 2. The van der Waals surface area contributed by atoms with Crippen molar-refractivity contribution in [2.24, 2.45) is 0 Å². The molecular weight excluding hydrogens is 333 g/mol. The van der Waals surface area contributed by atoms with E-state index in [1.165, 1.54) is 44.0 Å². The molecule has 0 N–H and O–H groups in total. The Labute approximate surface area is 141 Å². The summed E-state index contributed by atoms with van der Waals surface area (Å²) < 4.78 is 24.4. The normalized spacial score (nSPS) is 11.8. The Bertz CT molecular complexity index is 928. The molecule has 24 heavy (non-hydrogen) atoms. The van der Waals surface area contributed by atoms with Crippen molar-refractivity contribution >= 4 is 27.8 Å². The lowest BCUT2D eigenvalue weighted by Crippen LogP contribution is -2.05. The summed E-state index contributed by atoms with van der Waals surface area (Å²) in [4.78, 5) is 17.7. The summed E-state index contributed by atoms with van der Waals surface area (Å²) in [6.07, 6.45) is 1.34. The maximum atomic E-state index is 13.0. The monoisotopic (exact) mass is 347 g/mol. The van der Waals surface area contributed by atoms with E-state index in [1.807, 2.05) is 6.92 Å². The zero-order valence-corrected chi connectivity index (χ0v) is 14.1. The van der Waals surface area contributed by atoms with Gasteiger partial charge in [0.05, 0.1) is 31.1 Å². The molecule has 0 radical (unpaired) electrons. The smallest absolute Gasteiger partial charge is 0.342 e. The van der Waals surface area contributed by atoms with Crippen molar-refractivity contribution in [3.8, 4) is 11.4 Å². The number of thiazole rings is 1. The number of hydrogen-bond acceptors (Lipinski definition) is 6. The third-order valence-electron chi connectivity index (χ3n) is 3.41. The second-order valence-electron chi connectivity index (χ2n) is 4.91. The molecule has 6 nitrogen and oxygen atoms in total. The molecule has 0 amide bonds. The number of carbonyl (C=O) groups is 1. The molecule has 0 saturated heterocycles. The van der Waals surface area contributed by atoms with Gasteiger partial charge in [-0.2, -0.15) is 4.98 Å². The van der Waals surface area contributed by atoms with E-state index in [4.69, 9.17) is 9.47 Å². The first-order chi connectivity index (χ1) is 11.5. The number of hydrogen-bond donors (Lipinski definition) is 0. The van der Waals surface area contributed by atoms with Gasteiger partial charge in [-0.3, -0.25) is 0 Å². The van der Waals surface area contributed by atoms with Crippen molar-refractivity contribution in [1.82, 2.24) is 14.6 Å². The molecule has 0 aliphatic rings. The predicted molar refractivity (Wildman–Crippen MR) is 88.0 cm³/mol. The average Bonchev–Trinajstić information content (AvgIpc) is 3.12. The first-order valence-corrected chi connectivity index (χ1v) is 7.80. The minimum Gasteiger partial charge on any atom is -0.503 e. The zero-order valence-electron chi connectivity index (χ0n) is 13.2. The quantitative estimate of drug-likeness (QED) is 0.412. The van der Waals surface area contributed by atoms with E-state index in [9.17, 15) is 9.18 Å². The SMILES string of the molecule is CO/C=C(/C(=O)OC)c1sc2nc(-c3ccc(F)cc3)nn2c1C. The largest absolute Gasteiger partial charge is 0.503 e. The molecule has 0 aliphatic heterocycles. The van der Waals surface area contributed by atoms with Crippen LogP contribution in [0.15, 0.2) is 30.5 Å². The van der Waals surface area contributed by atoms with Crippen LogP contribution in [0, 0.1) is 12.7 Å². The Morgan fingerprint density at radius 2 is 2.00 bits per heavy atom. The molecule has 1 aromatic carbocycles. The average molecular weight is 347 g/mol. The molecule has 0 spiro atoms. The molecule has 3 rings (SSSR count). The van der Waals surface area contributed by atoms with Gasteiger partial charge in [0.25, 0.3) is 0 Å². The van der Waals surface area contributed by atoms with Gasteiger partial charge in [-0.1, -0.05) is 11.3 Å². The molecular formula is C16H14FN3O3S. The molecule has 0 atom stereocenters. The lowest BCUT2D eigenvalue weighted by Gasteiger charge is -2.03. The van der Waals surface area contributed by atoms with Gasteiger partial charge in [0.15, 0.2) is 5.82 Å². The number of ether oxygens (including phenoxy) is 2. The highest BCUT2D eigenvalue weighted by Gasteiger charge is 2.22. The van der Waals surface area contributed by atoms with E-state index in [0.717, 1.165) is 5.69 Å². The molecule has 0 aliphatic carbocycles. The fourth-order valence-corrected chi connectivity index (χ4v) is 3.29. The summed E-state index contributed by atoms with van der Waals surface area (Å²) in [7, 11) is 2.77. The second-order valence-corrected chi connectivity index (χ2v) is 5.89. The van der Waals surface area contributed by atoms with Gasteiger partial charge in [-0.05, 0) is 31.2 Å².